The maximum absolute atomic E-state index is 11.4. The highest BCUT2D eigenvalue weighted by molar-refractivity contribution is 5.85. The zero-order valence-electron chi connectivity index (χ0n) is 6.15. The number of nitrogens with two attached hydrogens (primary N) is 1. The maximum Gasteiger partial charge on any atom is 0.390 e. The second-order valence-electron chi connectivity index (χ2n) is 1.92. The predicted molar refractivity (Wildman–Crippen MR) is 40.0 cm³/mol. The minimum Gasteiger partial charge on any atom is -0.355 e. The number of hydrogen-bond donors (Lipinski definition) is 2. The van der Waals surface area contributed by atoms with Crippen LogP contribution in [0.4, 0.5) is 13.2 Å². The normalized spacial score (nSPS) is 10.3. The van der Waals surface area contributed by atoms with E-state index >= 15 is 0 Å². The molecule has 1 amide bonds. The lowest BCUT2D eigenvalue weighted by Gasteiger charge is -2.06. The van der Waals surface area contributed by atoms with Crippen LogP contribution in [0.2, 0.25) is 0 Å². The van der Waals surface area contributed by atoms with Gasteiger partial charge in [-0.2, -0.15) is 13.2 Å². The summed E-state index contributed by atoms with van der Waals surface area (Å²) < 4.78 is 34.3. The first-order valence-electron chi connectivity index (χ1n) is 2.99. The predicted octanol–water partition coefficient (Wildman–Crippen LogP) is 0.436. The Morgan fingerprint density at radius 2 is 1.92 bits per heavy atom. The number of hydrogen-bond acceptors (Lipinski definition) is 2. The molecular weight excluding hydrogens is 197 g/mol. The second-order valence-corrected chi connectivity index (χ2v) is 1.92. The van der Waals surface area contributed by atoms with Crippen LogP contribution >= 0.6 is 12.4 Å². The summed E-state index contributed by atoms with van der Waals surface area (Å²) in [6.45, 7) is -0.683. The van der Waals surface area contributed by atoms with E-state index < -0.39 is 25.0 Å². The average Bonchev–Trinajstić information content (AvgIpc) is 1.85. The highest BCUT2D eigenvalue weighted by atomic mass is 35.5. The van der Waals surface area contributed by atoms with Crippen molar-refractivity contribution in [3.63, 3.8) is 0 Å². The van der Waals surface area contributed by atoms with Crippen LogP contribution in [0, 0.1) is 0 Å². The van der Waals surface area contributed by atoms with Gasteiger partial charge < -0.3 is 11.1 Å². The quantitative estimate of drug-likeness (QED) is 0.704. The fourth-order valence-corrected chi connectivity index (χ4v) is 0.416. The van der Waals surface area contributed by atoms with Gasteiger partial charge in [-0.05, 0) is 0 Å². The number of nitrogens with one attached hydrogen (secondary N) is 1. The van der Waals surface area contributed by atoms with Gasteiger partial charge in [-0.3, -0.25) is 4.79 Å². The molecule has 0 rings (SSSR count). The second kappa shape index (κ2) is 6.07. The summed E-state index contributed by atoms with van der Waals surface area (Å²) in [5.74, 6) is -0.575. The van der Waals surface area contributed by atoms with E-state index in [0.717, 1.165) is 0 Å². The van der Waals surface area contributed by atoms with Gasteiger partial charge in [0.1, 0.15) is 0 Å². The fraction of sp³-hybridized carbons (Fsp3) is 0.800. The lowest BCUT2D eigenvalue weighted by atomic mass is 10.4. The van der Waals surface area contributed by atoms with Crippen LogP contribution in [0.25, 0.3) is 0 Å². The van der Waals surface area contributed by atoms with Gasteiger partial charge in [-0.15, -0.1) is 12.4 Å². The van der Waals surface area contributed by atoms with Gasteiger partial charge in [-0.1, -0.05) is 0 Å². The Hall–Kier alpha value is -0.490. The molecule has 0 unspecified atom stereocenters. The van der Waals surface area contributed by atoms with Crippen molar-refractivity contribution in [3.8, 4) is 0 Å². The van der Waals surface area contributed by atoms with Crippen molar-refractivity contribution in [2.45, 2.75) is 12.6 Å². The van der Waals surface area contributed by atoms with Crippen molar-refractivity contribution in [2.24, 2.45) is 5.73 Å². The minimum atomic E-state index is -4.22. The van der Waals surface area contributed by atoms with Crippen LogP contribution < -0.4 is 11.1 Å². The average molecular weight is 207 g/mol. The van der Waals surface area contributed by atoms with Gasteiger partial charge in [0.05, 0.1) is 13.0 Å². The highest BCUT2D eigenvalue weighted by Gasteiger charge is 2.26. The molecule has 7 heteroatoms. The van der Waals surface area contributed by atoms with E-state index in [4.69, 9.17) is 5.73 Å². The first-order chi connectivity index (χ1) is 4.95. The number of halogens is 4. The SMILES string of the molecule is Cl.NCC(=O)NCCC(F)(F)F. The van der Waals surface area contributed by atoms with E-state index in [9.17, 15) is 18.0 Å². The Morgan fingerprint density at radius 3 is 2.25 bits per heavy atom. The molecule has 0 atom stereocenters. The van der Waals surface area contributed by atoms with E-state index in [2.05, 4.69) is 0 Å². The Bertz CT molecular complexity index is 139. The molecule has 0 aromatic heterocycles. The van der Waals surface area contributed by atoms with Gasteiger partial charge in [-0.25, -0.2) is 0 Å². The molecule has 12 heavy (non-hydrogen) atoms. The maximum atomic E-state index is 11.4. The van der Waals surface area contributed by atoms with E-state index in [0.29, 0.717) is 0 Å². The van der Waals surface area contributed by atoms with E-state index in [-0.39, 0.29) is 19.0 Å². The van der Waals surface area contributed by atoms with E-state index in [1.165, 1.54) is 0 Å². The number of carbonyl (C=O) groups is 1. The van der Waals surface area contributed by atoms with Gasteiger partial charge in [0.15, 0.2) is 0 Å². The molecule has 0 aliphatic carbocycles. The van der Waals surface area contributed by atoms with Crippen LogP contribution in [0.5, 0.6) is 0 Å². The summed E-state index contributed by atoms with van der Waals surface area (Å²) in [4.78, 5) is 10.3. The molecule has 0 fully saturated rings. The molecule has 0 radical (unpaired) electrons. The Morgan fingerprint density at radius 1 is 1.42 bits per heavy atom. The molecule has 0 spiro atoms. The summed E-state index contributed by atoms with van der Waals surface area (Å²) >= 11 is 0. The smallest absolute Gasteiger partial charge is 0.355 e. The summed E-state index contributed by atoms with van der Waals surface area (Å²) in [6.07, 6.45) is -5.24. The van der Waals surface area contributed by atoms with Gasteiger partial charge in [0.2, 0.25) is 5.91 Å². The van der Waals surface area contributed by atoms with Crippen LogP contribution in [0.3, 0.4) is 0 Å². The monoisotopic (exact) mass is 206 g/mol. The molecule has 0 aromatic rings. The number of amides is 1. The summed E-state index contributed by atoms with van der Waals surface area (Å²) in [5.41, 5.74) is 4.83. The first kappa shape index (κ1) is 14.1. The topological polar surface area (TPSA) is 55.1 Å². The van der Waals surface area contributed by atoms with Gasteiger partial charge in [0, 0.05) is 6.54 Å². The Kier molecular flexibility index (Phi) is 7.12. The largest absolute Gasteiger partial charge is 0.390 e. The van der Waals surface area contributed by atoms with Crippen molar-refractivity contribution in [1.29, 1.82) is 0 Å². The molecular formula is C5H10ClF3N2O. The number of alkyl halides is 3. The van der Waals surface area contributed by atoms with E-state index in [1.54, 1.807) is 0 Å². The molecule has 3 N–H and O–H groups in total. The number of rotatable bonds is 3. The molecule has 0 heterocycles. The molecule has 3 nitrogen and oxygen atoms in total. The molecule has 74 valence electrons. The molecule has 0 aliphatic rings. The summed E-state index contributed by atoms with van der Waals surface area (Å²) in [5, 5.41) is 2.00. The van der Waals surface area contributed by atoms with Crippen LogP contribution in [-0.2, 0) is 4.79 Å². The molecule has 0 saturated carbocycles. The van der Waals surface area contributed by atoms with Crippen molar-refractivity contribution < 1.29 is 18.0 Å². The molecule has 0 saturated heterocycles. The molecule has 0 aromatic carbocycles. The highest BCUT2D eigenvalue weighted by Crippen LogP contribution is 2.17. The van der Waals surface area contributed by atoms with Crippen LogP contribution in [0.15, 0.2) is 0 Å². The van der Waals surface area contributed by atoms with Gasteiger partial charge in [0.25, 0.3) is 0 Å². The van der Waals surface area contributed by atoms with Crippen LogP contribution in [-0.4, -0.2) is 25.2 Å². The standard InChI is InChI=1S/C5H9F3N2O.ClH/c6-5(7,8)1-2-10-4(11)3-9;/h1-3,9H2,(H,10,11);1H. The summed E-state index contributed by atoms with van der Waals surface area (Å²) in [7, 11) is 0. The molecule has 0 aliphatic heterocycles. The Balaban J connectivity index is 0. The Labute approximate surface area is 73.9 Å². The van der Waals surface area contributed by atoms with Crippen molar-refractivity contribution in [1.82, 2.24) is 5.32 Å². The third kappa shape index (κ3) is 9.51. The minimum absolute atomic E-state index is 0. The first-order valence-corrected chi connectivity index (χ1v) is 2.99. The fourth-order valence-electron chi connectivity index (χ4n) is 0.416. The number of carbonyl (C=O) groups excluding carboxylic acids is 1. The third-order valence-electron chi connectivity index (χ3n) is 0.916. The summed E-state index contributed by atoms with van der Waals surface area (Å²) in [6, 6.07) is 0. The van der Waals surface area contributed by atoms with Gasteiger partial charge >= 0.3 is 6.18 Å². The lowest BCUT2D eigenvalue weighted by molar-refractivity contribution is -0.135. The van der Waals surface area contributed by atoms with Crippen molar-refractivity contribution in [2.75, 3.05) is 13.1 Å². The lowest BCUT2D eigenvalue weighted by Crippen LogP contribution is -2.32. The zero-order valence-corrected chi connectivity index (χ0v) is 6.97. The van der Waals surface area contributed by atoms with E-state index in [1.807, 2.05) is 5.32 Å². The van der Waals surface area contributed by atoms with Crippen molar-refractivity contribution >= 4 is 18.3 Å². The zero-order chi connectivity index (χ0) is 8.91. The molecule has 0 bridgehead atoms. The van der Waals surface area contributed by atoms with Crippen LogP contribution in [0.1, 0.15) is 6.42 Å². The third-order valence-corrected chi connectivity index (χ3v) is 0.916. The van der Waals surface area contributed by atoms with Crippen molar-refractivity contribution in [3.05, 3.63) is 0 Å².